The molecule has 1 heterocycles. The molecule has 80 valence electrons. The SMILES string of the molecule is CC(C)C(CBr)CN1C(=O)CNC1=O. The van der Waals surface area contributed by atoms with Crippen molar-refractivity contribution in [2.24, 2.45) is 11.8 Å². The Morgan fingerprint density at radius 2 is 2.14 bits per heavy atom. The van der Waals surface area contributed by atoms with Gasteiger partial charge in [-0.3, -0.25) is 9.69 Å². The molecule has 0 saturated carbocycles. The average molecular weight is 263 g/mol. The van der Waals surface area contributed by atoms with Gasteiger partial charge in [0.1, 0.15) is 0 Å². The minimum atomic E-state index is -0.262. The van der Waals surface area contributed by atoms with Crippen molar-refractivity contribution in [3.8, 4) is 0 Å². The van der Waals surface area contributed by atoms with E-state index in [1.807, 2.05) is 0 Å². The van der Waals surface area contributed by atoms with Gasteiger partial charge in [-0.1, -0.05) is 29.8 Å². The van der Waals surface area contributed by atoms with E-state index in [0.29, 0.717) is 18.4 Å². The maximum atomic E-state index is 11.3. The van der Waals surface area contributed by atoms with Crippen LogP contribution in [0.15, 0.2) is 0 Å². The summed E-state index contributed by atoms with van der Waals surface area (Å²) < 4.78 is 0. The Morgan fingerprint density at radius 3 is 2.50 bits per heavy atom. The second kappa shape index (κ2) is 4.77. The molecule has 0 aromatic rings. The summed E-state index contributed by atoms with van der Waals surface area (Å²) in [4.78, 5) is 23.8. The molecule has 1 atom stereocenters. The molecular weight excluding hydrogens is 248 g/mol. The topological polar surface area (TPSA) is 49.4 Å². The van der Waals surface area contributed by atoms with Crippen molar-refractivity contribution in [3.63, 3.8) is 0 Å². The first-order chi connectivity index (χ1) is 6.56. The molecule has 0 spiro atoms. The Kier molecular flexibility index (Phi) is 3.92. The summed E-state index contributed by atoms with van der Waals surface area (Å²) in [5, 5.41) is 3.32. The molecule has 1 aliphatic rings. The first-order valence-electron chi connectivity index (χ1n) is 4.70. The Bertz CT molecular complexity index is 227. The van der Waals surface area contributed by atoms with Crippen molar-refractivity contribution in [3.05, 3.63) is 0 Å². The number of urea groups is 1. The lowest BCUT2D eigenvalue weighted by Gasteiger charge is -2.22. The Balaban J connectivity index is 2.57. The van der Waals surface area contributed by atoms with Crippen LogP contribution in [0.3, 0.4) is 0 Å². The fourth-order valence-corrected chi connectivity index (χ4v) is 2.26. The first kappa shape index (κ1) is 11.5. The van der Waals surface area contributed by atoms with E-state index < -0.39 is 0 Å². The molecule has 1 N–H and O–H groups in total. The van der Waals surface area contributed by atoms with Crippen molar-refractivity contribution in [2.45, 2.75) is 13.8 Å². The minimum absolute atomic E-state index is 0.124. The van der Waals surface area contributed by atoms with Crippen molar-refractivity contribution in [2.75, 3.05) is 18.4 Å². The maximum absolute atomic E-state index is 11.3. The molecule has 1 unspecified atom stereocenters. The molecule has 3 amide bonds. The van der Waals surface area contributed by atoms with Crippen molar-refractivity contribution in [1.29, 1.82) is 0 Å². The second-order valence-corrected chi connectivity index (χ2v) is 4.47. The number of carbonyl (C=O) groups excluding carboxylic acids is 2. The molecule has 0 aliphatic carbocycles. The lowest BCUT2D eigenvalue weighted by molar-refractivity contribution is -0.125. The summed E-state index contributed by atoms with van der Waals surface area (Å²) in [5.41, 5.74) is 0. The number of imide groups is 1. The third-order valence-corrected chi connectivity index (χ3v) is 3.33. The fraction of sp³-hybridized carbons (Fsp3) is 0.778. The molecule has 0 aromatic carbocycles. The third kappa shape index (κ3) is 2.47. The molecule has 0 aromatic heterocycles. The van der Waals surface area contributed by atoms with E-state index in [2.05, 4.69) is 35.1 Å². The van der Waals surface area contributed by atoms with Gasteiger partial charge >= 0.3 is 6.03 Å². The van der Waals surface area contributed by atoms with Gasteiger partial charge in [-0.15, -0.1) is 0 Å². The predicted molar refractivity (Wildman–Crippen MR) is 57.2 cm³/mol. The molecule has 14 heavy (non-hydrogen) atoms. The Hall–Kier alpha value is -0.580. The lowest BCUT2D eigenvalue weighted by Crippen LogP contribution is -2.37. The zero-order valence-corrected chi connectivity index (χ0v) is 10.0. The Morgan fingerprint density at radius 1 is 1.50 bits per heavy atom. The van der Waals surface area contributed by atoms with Gasteiger partial charge in [0, 0.05) is 11.9 Å². The number of carbonyl (C=O) groups is 2. The van der Waals surface area contributed by atoms with Gasteiger partial charge in [0.2, 0.25) is 5.91 Å². The second-order valence-electron chi connectivity index (χ2n) is 3.82. The Labute approximate surface area is 92.2 Å². The van der Waals surface area contributed by atoms with E-state index in [-0.39, 0.29) is 18.5 Å². The van der Waals surface area contributed by atoms with E-state index >= 15 is 0 Å². The van der Waals surface area contributed by atoms with Crippen molar-refractivity contribution < 1.29 is 9.59 Å². The number of amides is 3. The predicted octanol–water partition coefficient (Wildman–Crippen LogP) is 1.21. The number of hydrogen-bond donors (Lipinski definition) is 1. The highest BCUT2D eigenvalue weighted by molar-refractivity contribution is 9.09. The number of halogens is 1. The highest BCUT2D eigenvalue weighted by Gasteiger charge is 2.30. The van der Waals surface area contributed by atoms with Gasteiger partial charge in [0.25, 0.3) is 0 Å². The van der Waals surface area contributed by atoms with E-state index in [1.54, 1.807) is 0 Å². The van der Waals surface area contributed by atoms with Crippen LogP contribution in [0.5, 0.6) is 0 Å². The summed E-state index contributed by atoms with van der Waals surface area (Å²) in [6.45, 7) is 4.83. The average Bonchev–Trinajstić information content (AvgIpc) is 2.43. The van der Waals surface area contributed by atoms with E-state index in [0.717, 1.165) is 5.33 Å². The van der Waals surface area contributed by atoms with Gasteiger partial charge < -0.3 is 5.32 Å². The largest absolute Gasteiger partial charge is 0.329 e. The zero-order valence-electron chi connectivity index (χ0n) is 8.42. The van der Waals surface area contributed by atoms with Crippen LogP contribution in [-0.4, -0.2) is 35.3 Å². The summed E-state index contributed by atoms with van der Waals surface area (Å²) in [6.07, 6.45) is 0. The summed E-state index contributed by atoms with van der Waals surface area (Å²) in [5.74, 6) is 0.653. The molecule has 5 heteroatoms. The van der Waals surface area contributed by atoms with Crippen LogP contribution in [0.25, 0.3) is 0 Å². The zero-order chi connectivity index (χ0) is 10.7. The molecule has 1 aliphatic heterocycles. The van der Waals surface area contributed by atoms with Crippen LogP contribution in [0.2, 0.25) is 0 Å². The van der Waals surface area contributed by atoms with Crippen molar-refractivity contribution >= 4 is 27.9 Å². The minimum Gasteiger partial charge on any atom is -0.329 e. The molecule has 0 radical (unpaired) electrons. The number of alkyl halides is 1. The molecular formula is C9H15BrN2O2. The quantitative estimate of drug-likeness (QED) is 0.612. The van der Waals surface area contributed by atoms with E-state index in [4.69, 9.17) is 0 Å². The molecule has 0 bridgehead atoms. The molecule has 4 nitrogen and oxygen atoms in total. The lowest BCUT2D eigenvalue weighted by atomic mass is 9.98. The van der Waals surface area contributed by atoms with Gasteiger partial charge in [0.05, 0.1) is 6.54 Å². The van der Waals surface area contributed by atoms with Crippen molar-refractivity contribution in [1.82, 2.24) is 10.2 Å². The highest BCUT2D eigenvalue weighted by Crippen LogP contribution is 2.16. The molecule has 1 saturated heterocycles. The number of hydrogen-bond acceptors (Lipinski definition) is 2. The smallest absolute Gasteiger partial charge is 0.324 e. The first-order valence-corrected chi connectivity index (χ1v) is 5.82. The van der Waals surface area contributed by atoms with Crippen LogP contribution in [0.1, 0.15) is 13.8 Å². The number of nitrogens with one attached hydrogen (secondary N) is 1. The molecule has 1 fully saturated rings. The van der Waals surface area contributed by atoms with Crippen LogP contribution in [0.4, 0.5) is 4.79 Å². The van der Waals surface area contributed by atoms with Gasteiger partial charge in [0.15, 0.2) is 0 Å². The van der Waals surface area contributed by atoms with E-state index in [9.17, 15) is 9.59 Å². The summed E-state index contributed by atoms with van der Waals surface area (Å²) in [7, 11) is 0. The summed E-state index contributed by atoms with van der Waals surface area (Å²) in [6, 6.07) is -0.262. The van der Waals surface area contributed by atoms with Crippen LogP contribution in [0, 0.1) is 11.8 Å². The number of rotatable bonds is 4. The molecule has 1 rings (SSSR count). The fourth-order valence-electron chi connectivity index (χ4n) is 1.31. The van der Waals surface area contributed by atoms with E-state index in [1.165, 1.54) is 4.90 Å². The number of nitrogens with zero attached hydrogens (tertiary/aromatic N) is 1. The highest BCUT2D eigenvalue weighted by atomic mass is 79.9. The van der Waals surface area contributed by atoms with Gasteiger partial charge in [-0.2, -0.15) is 0 Å². The van der Waals surface area contributed by atoms with Crippen LogP contribution >= 0.6 is 15.9 Å². The monoisotopic (exact) mass is 262 g/mol. The van der Waals surface area contributed by atoms with Crippen LogP contribution in [-0.2, 0) is 4.79 Å². The normalized spacial score (nSPS) is 19.0. The third-order valence-electron chi connectivity index (χ3n) is 2.50. The van der Waals surface area contributed by atoms with Gasteiger partial charge in [-0.25, -0.2) is 4.79 Å². The van der Waals surface area contributed by atoms with Crippen LogP contribution < -0.4 is 5.32 Å². The summed E-state index contributed by atoms with van der Waals surface area (Å²) >= 11 is 3.39. The van der Waals surface area contributed by atoms with Gasteiger partial charge in [-0.05, 0) is 11.8 Å². The standard InChI is InChI=1S/C9H15BrN2O2/c1-6(2)7(3-10)5-12-8(13)4-11-9(12)14/h6-7H,3-5H2,1-2H3,(H,11,14). The maximum Gasteiger partial charge on any atom is 0.324 e.